The highest BCUT2D eigenvalue weighted by atomic mass is 19.4. The largest absolute Gasteiger partial charge is 0.416 e. The summed E-state index contributed by atoms with van der Waals surface area (Å²) < 4.78 is 40.8. The summed E-state index contributed by atoms with van der Waals surface area (Å²) in [6, 6.07) is 12.8. The number of alkyl halides is 3. The molecular weight excluding hydrogens is 419 g/mol. The predicted molar refractivity (Wildman–Crippen MR) is 116 cm³/mol. The molecule has 6 nitrogen and oxygen atoms in total. The zero-order chi connectivity index (χ0) is 22.7. The Morgan fingerprint density at radius 3 is 2.38 bits per heavy atom. The van der Waals surface area contributed by atoms with Crippen molar-refractivity contribution in [3.63, 3.8) is 0 Å². The van der Waals surface area contributed by atoms with Gasteiger partial charge in [0.15, 0.2) is 0 Å². The molecule has 1 saturated heterocycles. The molecule has 1 aliphatic rings. The third kappa shape index (κ3) is 4.87. The van der Waals surface area contributed by atoms with Crippen LogP contribution < -0.4 is 10.2 Å². The minimum absolute atomic E-state index is 0.180. The number of nitrogens with one attached hydrogen (secondary N) is 1. The van der Waals surface area contributed by atoms with Crippen molar-refractivity contribution in [2.75, 3.05) is 31.1 Å². The first kappa shape index (κ1) is 21.7. The van der Waals surface area contributed by atoms with Gasteiger partial charge in [-0.2, -0.15) is 13.2 Å². The second kappa shape index (κ2) is 8.94. The number of urea groups is 1. The molecule has 3 aromatic rings. The molecule has 1 aliphatic heterocycles. The van der Waals surface area contributed by atoms with Gasteiger partial charge in [0.1, 0.15) is 0 Å². The molecule has 1 atom stereocenters. The smallest absolute Gasteiger partial charge is 0.368 e. The molecule has 0 bridgehead atoms. The lowest BCUT2D eigenvalue weighted by Crippen LogP contribution is -2.52. The SMILES string of the molecule is CC(NC(=O)N1CCN(c2cccc(C(F)(F)F)c2)CC1)c1ccc(-n2ccnc2)cc1. The molecular formula is C23H24F3N5O. The summed E-state index contributed by atoms with van der Waals surface area (Å²) in [6.07, 6.45) is 0.923. The molecule has 2 aromatic carbocycles. The van der Waals surface area contributed by atoms with Crippen LogP contribution in [0, 0.1) is 0 Å². The van der Waals surface area contributed by atoms with Crippen molar-refractivity contribution >= 4 is 11.7 Å². The lowest BCUT2D eigenvalue weighted by atomic mass is 10.1. The molecule has 9 heteroatoms. The normalized spacial score (nSPS) is 15.5. The van der Waals surface area contributed by atoms with E-state index in [9.17, 15) is 18.0 Å². The molecule has 1 fully saturated rings. The van der Waals surface area contributed by atoms with Crippen LogP contribution in [0.25, 0.3) is 5.69 Å². The van der Waals surface area contributed by atoms with Crippen LogP contribution >= 0.6 is 0 Å². The fourth-order valence-electron chi connectivity index (χ4n) is 3.75. The quantitative estimate of drug-likeness (QED) is 0.647. The zero-order valence-corrected chi connectivity index (χ0v) is 17.6. The number of carbonyl (C=O) groups excluding carboxylic acids is 1. The van der Waals surface area contributed by atoms with Gasteiger partial charge in [0.25, 0.3) is 0 Å². The summed E-state index contributed by atoms with van der Waals surface area (Å²) in [7, 11) is 0. The van der Waals surface area contributed by atoms with Crippen LogP contribution in [0.2, 0.25) is 0 Å². The third-order valence-electron chi connectivity index (χ3n) is 5.64. The van der Waals surface area contributed by atoms with E-state index in [1.165, 1.54) is 6.07 Å². The summed E-state index contributed by atoms with van der Waals surface area (Å²) in [6.45, 7) is 3.75. The van der Waals surface area contributed by atoms with E-state index in [1.807, 2.05) is 46.9 Å². The molecule has 2 amide bonds. The molecule has 1 N–H and O–H groups in total. The van der Waals surface area contributed by atoms with Crippen LogP contribution in [-0.4, -0.2) is 46.7 Å². The molecule has 4 rings (SSSR count). The van der Waals surface area contributed by atoms with E-state index < -0.39 is 11.7 Å². The van der Waals surface area contributed by atoms with Crippen LogP contribution in [0.15, 0.2) is 67.3 Å². The number of rotatable bonds is 4. The van der Waals surface area contributed by atoms with E-state index in [0.29, 0.717) is 31.9 Å². The minimum atomic E-state index is -4.37. The maximum atomic E-state index is 13.0. The van der Waals surface area contributed by atoms with Crippen LogP contribution in [-0.2, 0) is 6.18 Å². The molecule has 0 radical (unpaired) electrons. The van der Waals surface area contributed by atoms with Gasteiger partial charge in [-0.15, -0.1) is 0 Å². The Morgan fingerprint density at radius 1 is 1.03 bits per heavy atom. The third-order valence-corrected chi connectivity index (χ3v) is 5.64. The summed E-state index contributed by atoms with van der Waals surface area (Å²) in [5, 5.41) is 3.00. The van der Waals surface area contributed by atoms with Crippen molar-refractivity contribution in [3.8, 4) is 5.69 Å². The zero-order valence-electron chi connectivity index (χ0n) is 17.6. The standard InChI is InChI=1S/C23H24F3N5O/c1-17(18-5-7-20(8-6-18)31-10-9-27-16-31)28-22(32)30-13-11-29(12-14-30)21-4-2-3-19(15-21)23(24,25)26/h2-10,15-17H,11-14H2,1H3,(H,28,32). The van der Waals surface area contributed by atoms with Crippen molar-refractivity contribution in [1.82, 2.24) is 19.8 Å². The topological polar surface area (TPSA) is 53.4 Å². The van der Waals surface area contributed by atoms with Crippen molar-refractivity contribution in [1.29, 1.82) is 0 Å². The van der Waals surface area contributed by atoms with Gasteiger partial charge in [0.05, 0.1) is 17.9 Å². The Hall–Kier alpha value is -3.49. The van der Waals surface area contributed by atoms with Gasteiger partial charge >= 0.3 is 12.2 Å². The van der Waals surface area contributed by atoms with E-state index in [-0.39, 0.29) is 12.1 Å². The average Bonchev–Trinajstić information content (AvgIpc) is 3.34. The Balaban J connectivity index is 1.32. The van der Waals surface area contributed by atoms with Crippen LogP contribution in [0.5, 0.6) is 0 Å². The first-order valence-corrected chi connectivity index (χ1v) is 10.4. The minimum Gasteiger partial charge on any atom is -0.368 e. The number of anilines is 1. The van der Waals surface area contributed by atoms with Gasteiger partial charge in [-0.25, -0.2) is 9.78 Å². The van der Waals surface area contributed by atoms with Crippen molar-refractivity contribution in [2.45, 2.75) is 19.1 Å². The fourth-order valence-corrected chi connectivity index (χ4v) is 3.75. The summed E-state index contributed by atoms with van der Waals surface area (Å²) in [4.78, 5) is 20.3. The van der Waals surface area contributed by atoms with E-state index in [2.05, 4.69) is 10.3 Å². The number of amides is 2. The first-order chi connectivity index (χ1) is 15.3. The van der Waals surface area contributed by atoms with Gasteiger partial charge in [-0.3, -0.25) is 0 Å². The number of nitrogens with zero attached hydrogens (tertiary/aromatic N) is 4. The van der Waals surface area contributed by atoms with Crippen LogP contribution in [0.1, 0.15) is 24.1 Å². The maximum absolute atomic E-state index is 13.0. The number of imidazole rings is 1. The van der Waals surface area contributed by atoms with Gasteiger partial charge in [0.2, 0.25) is 0 Å². The first-order valence-electron chi connectivity index (χ1n) is 10.4. The highest BCUT2D eigenvalue weighted by Crippen LogP contribution is 2.32. The van der Waals surface area contributed by atoms with E-state index in [4.69, 9.17) is 0 Å². The lowest BCUT2D eigenvalue weighted by molar-refractivity contribution is -0.137. The number of benzene rings is 2. The lowest BCUT2D eigenvalue weighted by Gasteiger charge is -2.36. The van der Waals surface area contributed by atoms with E-state index >= 15 is 0 Å². The molecule has 2 heterocycles. The van der Waals surface area contributed by atoms with Crippen molar-refractivity contribution in [2.24, 2.45) is 0 Å². The van der Waals surface area contributed by atoms with Crippen molar-refractivity contribution < 1.29 is 18.0 Å². The molecule has 1 unspecified atom stereocenters. The molecule has 0 saturated carbocycles. The Kier molecular flexibility index (Phi) is 6.07. The van der Waals surface area contributed by atoms with Gasteiger partial charge in [-0.05, 0) is 42.8 Å². The van der Waals surface area contributed by atoms with Gasteiger partial charge in [-0.1, -0.05) is 18.2 Å². The molecule has 1 aromatic heterocycles. The Labute approximate surface area is 184 Å². The number of hydrogen-bond donors (Lipinski definition) is 1. The summed E-state index contributed by atoms with van der Waals surface area (Å²) >= 11 is 0. The number of hydrogen-bond acceptors (Lipinski definition) is 3. The molecule has 0 aliphatic carbocycles. The predicted octanol–water partition coefficient (Wildman–Crippen LogP) is 4.48. The molecule has 32 heavy (non-hydrogen) atoms. The fraction of sp³-hybridized carbons (Fsp3) is 0.304. The van der Waals surface area contributed by atoms with Gasteiger partial charge < -0.3 is 19.7 Å². The number of aromatic nitrogens is 2. The highest BCUT2D eigenvalue weighted by Gasteiger charge is 2.31. The second-order valence-corrected chi connectivity index (χ2v) is 7.75. The van der Waals surface area contributed by atoms with Crippen LogP contribution in [0.4, 0.5) is 23.7 Å². The average molecular weight is 443 g/mol. The molecule has 0 spiro atoms. The highest BCUT2D eigenvalue weighted by molar-refractivity contribution is 5.75. The monoisotopic (exact) mass is 443 g/mol. The Morgan fingerprint density at radius 2 is 1.75 bits per heavy atom. The second-order valence-electron chi connectivity index (χ2n) is 7.75. The number of piperazine rings is 1. The van der Waals surface area contributed by atoms with E-state index in [1.54, 1.807) is 23.5 Å². The Bertz CT molecular complexity index is 1040. The maximum Gasteiger partial charge on any atom is 0.416 e. The van der Waals surface area contributed by atoms with Crippen molar-refractivity contribution in [3.05, 3.63) is 78.4 Å². The summed E-state index contributed by atoms with van der Waals surface area (Å²) in [5.41, 5.74) is 1.81. The van der Waals surface area contributed by atoms with Crippen LogP contribution in [0.3, 0.4) is 0 Å². The number of halogens is 3. The summed E-state index contributed by atoms with van der Waals surface area (Å²) in [5.74, 6) is 0. The molecule has 168 valence electrons. The van der Waals surface area contributed by atoms with Gasteiger partial charge in [0, 0.05) is 49.9 Å². The van der Waals surface area contributed by atoms with E-state index in [0.717, 1.165) is 23.4 Å². The number of carbonyl (C=O) groups is 1.